The maximum atomic E-state index is 3.89. The van der Waals surface area contributed by atoms with Gasteiger partial charge in [-0.1, -0.05) is 42.4 Å². The summed E-state index contributed by atoms with van der Waals surface area (Å²) in [7, 11) is 0. The molecule has 0 amide bonds. The molecule has 0 heterocycles. The van der Waals surface area contributed by atoms with Crippen molar-refractivity contribution in [1.82, 2.24) is 0 Å². The van der Waals surface area contributed by atoms with E-state index in [1.807, 2.05) is 0 Å². The van der Waals surface area contributed by atoms with E-state index in [-0.39, 0.29) is 0 Å². The second-order valence-electron chi connectivity index (χ2n) is 5.03. The predicted molar refractivity (Wildman–Crippen MR) is 68.9 cm³/mol. The summed E-state index contributed by atoms with van der Waals surface area (Å²) in [6.07, 6.45) is 11.1. The summed E-state index contributed by atoms with van der Waals surface area (Å²) in [5.74, 6) is 0.861. The molecule has 0 fully saturated rings. The van der Waals surface area contributed by atoms with Crippen molar-refractivity contribution in [3.05, 3.63) is 35.5 Å². The average molecular weight is 204 g/mol. The normalized spacial score (nSPS) is 25.3. The molecule has 0 bridgehead atoms. The van der Waals surface area contributed by atoms with Crippen LogP contribution in [0.15, 0.2) is 35.5 Å². The van der Waals surface area contributed by atoms with Crippen molar-refractivity contribution in [1.29, 1.82) is 0 Å². The molecular formula is C15H24. The first-order chi connectivity index (χ1) is 7.08. The monoisotopic (exact) mass is 204 g/mol. The summed E-state index contributed by atoms with van der Waals surface area (Å²) >= 11 is 0. The Hall–Kier alpha value is -0.780. The van der Waals surface area contributed by atoms with Gasteiger partial charge < -0.3 is 0 Å². The lowest BCUT2D eigenvalue weighted by Gasteiger charge is -2.08. The molecule has 0 spiro atoms. The highest BCUT2D eigenvalue weighted by Crippen LogP contribution is 2.22. The van der Waals surface area contributed by atoms with Crippen molar-refractivity contribution >= 4 is 0 Å². The van der Waals surface area contributed by atoms with Crippen molar-refractivity contribution < 1.29 is 0 Å². The van der Waals surface area contributed by atoms with Crippen molar-refractivity contribution in [2.75, 3.05) is 0 Å². The molecule has 0 N–H and O–H groups in total. The van der Waals surface area contributed by atoms with E-state index in [9.17, 15) is 0 Å². The molecule has 0 aromatic heterocycles. The number of hydrogen-bond donors (Lipinski definition) is 0. The third kappa shape index (κ3) is 5.01. The minimum absolute atomic E-state index is 0.861. The third-order valence-corrected chi connectivity index (χ3v) is 3.08. The molecule has 15 heavy (non-hydrogen) atoms. The van der Waals surface area contributed by atoms with Gasteiger partial charge in [0.05, 0.1) is 0 Å². The Morgan fingerprint density at radius 1 is 1.13 bits per heavy atom. The first-order valence-corrected chi connectivity index (χ1v) is 6.10. The molecule has 0 aromatic rings. The van der Waals surface area contributed by atoms with Crippen LogP contribution in [0.2, 0.25) is 0 Å². The zero-order valence-electron chi connectivity index (χ0n) is 10.5. The highest BCUT2D eigenvalue weighted by molar-refractivity contribution is 5.22. The van der Waals surface area contributed by atoms with Gasteiger partial charge in [0.1, 0.15) is 0 Å². The zero-order chi connectivity index (χ0) is 11.3. The maximum absolute atomic E-state index is 3.89. The van der Waals surface area contributed by atoms with Crippen LogP contribution in [-0.4, -0.2) is 0 Å². The highest BCUT2D eigenvalue weighted by atomic mass is 14.1. The van der Waals surface area contributed by atoms with Crippen LogP contribution in [0.25, 0.3) is 0 Å². The second kappa shape index (κ2) is 5.95. The minimum Gasteiger partial charge on any atom is -0.0958 e. The van der Waals surface area contributed by atoms with Gasteiger partial charge in [-0.2, -0.15) is 0 Å². The molecule has 1 atom stereocenters. The summed E-state index contributed by atoms with van der Waals surface area (Å²) in [4.78, 5) is 0. The Kier molecular flexibility index (Phi) is 4.87. The summed E-state index contributed by atoms with van der Waals surface area (Å²) in [6, 6.07) is 0. The van der Waals surface area contributed by atoms with Gasteiger partial charge in [-0.25, -0.2) is 0 Å². The van der Waals surface area contributed by atoms with Crippen LogP contribution in [0.4, 0.5) is 0 Å². The van der Waals surface area contributed by atoms with Crippen LogP contribution in [0.5, 0.6) is 0 Å². The maximum Gasteiger partial charge on any atom is -0.0256 e. The lowest BCUT2D eigenvalue weighted by molar-refractivity contribution is 0.698. The second-order valence-corrected chi connectivity index (χ2v) is 5.03. The topological polar surface area (TPSA) is 0 Å². The molecule has 84 valence electrons. The van der Waals surface area contributed by atoms with Crippen molar-refractivity contribution in [3.63, 3.8) is 0 Å². The molecule has 0 radical (unpaired) electrons. The van der Waals surface area contributed by atoms with Crippen LogP contribution in [0, 0.1) is 5.92 Å². The Bertz CT molecular complexity index is 278. The first kappa shape index (κ1) is 12.3. The molecule has 2 aliphatic rings. The molecule has 0 nitrogen and oxygen atoms in total. The summed E-state index contributed by atoms with van der Waals surface area (Å²) < 4.78 is 0. The number of hydrogen-bond acceptors (Lipinski definition) is 0. The van der Waals surface area contributed by atoms with E-state index in [1.54, 1.807) is 5.57 Å². The molecule has 1 unspecified atom stereocenters. The van der Waals surface area contributed by atoms with Gasteiger partial charge in [-0.3, -0.25) is 0 Å². The molecule has 0 saturated heterocycles. The predicted octanol–water partition coefficient (Wildman–Crippen LogP) is 5.04. The first-order valence-electron chi connectivity index (χ1n) is 6.10. The van der Waals surface area contributed by atoms with Crippen LogP contribution >= 0.6 is 0 Å². The lowest BCUT2D eigenvalue weighted by atomic mass is 9.98. The van der Waals surface area contributed by atoms with Crippen LogP contribution in [-0.2, 0) is 0 Å². The van der Waals surface area contributed by atoms with E-state index in [1.165, 1.54) is 43.3 Å². The Balaban J connectivity index is 0.000000151. The van der Waals surface area contributed by atoms with Crippen LogP contribution in [0.1, 0.15) is 52.9 Å². The lowest BCUT2D eigenvalue weighted by Crippen LogP contribution is -1.88. The van der Waals surface area contributed by atoms with E-state index < -0.39 is 0 Å². The fourth-order valence-electron chi connectivity index (χ4n) is 2.19. The van der Waals surface area contributed by atoms with Gasteiger partial charge in [-0.05, 0) is 51.9 Å². The molecule has 0 saturated carbocycles. The molecule has 2 rings (SSSR count). The van der Waals surface area contributed by atoms with E-state index >= 15 is 0 Å². The highest BCUT2D eigenvalue weighted by Gasteiger charge is 2.05. The van der Waals surface area contributed by atoms with Crippen molar-refractivity contribution in [2.45, 2.75) is 52.9 Å². The fraction of sp³-hybridized carbons (Fsp3) is 0.600. The fourth-order valence-corrected chi connectivity index (χ4v) is 2.19. The van der Waals surface area contributed by atoms with Gasteiger partial charge in [-0.15, -0.1) is 0 Å². The minimum atomic E-state index is 0.861. The average Bonchev–Trinajstić information content (AvgIpc) is 2.50. The summed E-state index contributed by atoms with van der Waals surface area (Å²) in [5, 5.41) is 0. The van der Waals surface area contributed by atoms with E-state index in [2.05, 4.69) is 39.5 Å². The summed E-state index contributed by atoms with van der Waals surface area (Å²) in [6.45, 7) is 10.5. The number of allylic oxidation sites excluding steroid dienone is 5. The van der Waals surface area contributed by atoms with E-state index in [4.69, 9.17) is 0 Å². The quantitative estimate of drug-likeness (QED) is 0.485. The molecule has 0 heteroatoms. The smallest absolute Gasteiger partial charge is 0.0256 e. The SMILES string of the molecule is C=C1C=C(C)CCC1.CC1=CC(C)CC1. The van der Waals surface area contributed by atoms with Crippen molar-refractivity contribution in [3.8, 4) is 0 Å². The molecule has 0 aromatic carbocycles. The van der Waals surface area contributed by atoms with E-state index in [0.29, 0.717) is 0 Å². The summed E-state index contributed by atoms with van der Waals surface area (Å²) in [5.41, 5.74) is 4.36. The third-order valence-electron chi connectivity index (χ3n) is 3.08. The number of rotatable bonds is 0. The van der Waals surface area contributed by atoms with E-state index in [0.717, 1.165) is 5.92 Å². The largest absolute Gasteiger partial charge is 0.0958 e. The van der Waals surface area contributed by atoms with Gasteiger partial charge in [0.15, 0.2) is 0 Å². The molecule has 2 aliphatic carbocycles. The Morgan fingerprint density at radius 3 is 2.13 bits per heavy atom. The molecule has 0 aliphatic heterocycles. The van der Waals surface area contributed by atoms with Crippen LogP contribution < -0.4 is 0 Å². The zero-order valence-corrected chi connectivity index (χ0v) is 10.5. The van der Waals surface area contributed by atoms with Crippen LogP contribution in [0.3, 0.4) is 0 Å². The van der Waals surface area contributed by atoms with Gasteiger partial charge in [0.25, 0.3) is 0 Å². The Labute approximate surface area is 94.8 Å². The van der Waals surface area contributed by atoms with Gasteiger partial charge >= 0.3 is 0 Å². The molecular weight excluding hydrogens is 180 g/mol. The Morgan fingerprint density at radius 2 is 1.87 bits per heavy atom. The standard InChI is InChI=1S/C8H12.C7H12/c1-7-4-3-5-8(2)6-7;1-6-3-4-7(2)5-6/h6H,1,3-5H2,2H3;5-6H,3-4H2,1-2H3. The van der Waals surface area contributed by atoms with Crippen molar-refractivity contribution in [2.24, 2.45) is 5.92 Å². The van der Waals surface area contributed by atoms with Gasteiger partial charge in [0, 0.05) is 0 Å². The van der Waals surface area contributed by atoms with Gasteiger partial charge in [0.2, 0.25) is 0 Å².